The summed E-state index contributed by atoms with van der Waals surface area (Å²) in [5.41, 5.74) is 1.44. The summed E-state index contributed by atoms with van der Waals surface area (Å²) in [7, 11) is 0. The number of nitrogens with one attached hydrogen (secondary N) is 1. The van der Waals surface area contributed by atoms with Crippen LogP contribution >= 0.6 is 0 Å². The molecule has 0 saturated carbocycles. The molecule has 2 aromatic rings. The summed E-state index contributed by atoms with van der Waals surface area (Å²) in [6.07, 6.45) is 3.95. The summed E-state index contributed by atoms with van der Waals surface area (Å²) in [6.45, 7) is 1.88. The molecule has 1 N–H and O–H groups in total. The molecule has 0 aliphatic heterocycles. The average Bonchev–Trinajstić information content (AvgIpc) is 2.48. The van der Waals surface area contributed by atoms with Gasteiger partial charge in [-0.3, -0.25) is 19.9 Å². The zero-order chi connectivity index (χ0) is 14.5. The third-order valence-corrected chi connectivity index (χ3v) is 2.91. The molecule has 6 heteroatoms. The largest absolute Gasteiger partial charge is 0.373 e. The molecule has 1 heterocycles. The molecule has 1 unspecified atom stereocenters. The first-order valence-corrected chi connectivity index (χ1v) is 6.02. The van der Waals surface area contributed by atoms with Crippen molar-refractivity contribution in [2.45, 2.75) is 13.0 Å². The van der Waals surface area contributed by atoms with Crippen LogP contribution in [-0.4, -0.2) is 16.2 Å². The zero-order valence-corrected chi connectivity index (χ0v) is 10.8. The summed E-state index contributed by atoms with van der Waals surface area (Å²) in [6, 6.07) is 7.89. The molecule has 0 aliphatic carbocycles. The topological polar surface area (TPSA) is 85.1 Å². The van der Waals surface area contributed by atoms with E-state index in [-0.39, 0.29) is 17.3 Å². The predicted molar refractivity (Wildman–Crippen MR) is 74.8 cm³/mol. The zero-order valence-electron chi connectivity index (χ0n) is 10.8. The molecule has 0 radical (unpaired) electrons. The lowest BCUT2D eigenvalue weighted by molar-refractivity contribution is -0.384. The summed E-state index contributed by atoms with van der Waals surface area (Å²) in [5, 5.41) is 14.1. The van der Waals surface area contributed by atoms with E-state index in [1.807, 2.05) is 13.0 Å². The molecule has 6 nitrogen and oxygen atoms in total. The number of aldehydes is 1. The van der Waals surface area contributed by atoms with E-state index in [1.165, 1.54) is 18.2 Å². The number of rotatable bonds is 5. The molecule has 0 aliphatic rings. The van der Waals surface area contributed by atoms with Crippen molar-refractivity contribution in [2.24, 2.45) is 0 Å². The number of pyridine rings is 1. The van der Waals surface area contributed by atoms with Crippen LogP contribution in [0.5, 0.6) is 0 Å². The van der Waals surface area contributed by atoms with Gasteiger partial charge in [-0.2, -0.15) is 0 Å². The van der Waals surface area contributed by atoms with Gasteiger partial charge in [0.15, 0.2) is 0 Å². The molecule has 0 saturated heterocycles. The van der Waals surface area contributed by atoms with E-state index < -0.39 is 4.92 Å². The number of benzene rings is 1. The van der Waals surface area contributed by atoms with Crippen molar-refractivity contribution in [3.05, 3.63) is 64.0 Å². The highest BCUT2D eigenvalue weighted by Crippen LogP contribution is 2.28. The van der Waals surface area contributed by atoms with E-state index in [2.05, 4.69) is 10.3 Å². The molecule has 0 spiro atoms. The minimum atomic E-state index is -0.509. The van der Waals surface area contributed by atoms with Crippen molar-refractivity contribution in [2.75, 3.05) is 5.32 Å². The number of hydrogen-bond acceptors (Lipinski definition) is 5. The van der Waals surface area contributed by atoms with Crippen molar-refractivity contribution in [3.63, 3.8) is 0 Å². The number of carbonyl (C=O) groups excluding carboxylic acids is 1. The maximum Gasteiger partial charge on any atom is 0.293 e. The number of nitrogens with zero attached hydrogens (tertiary/aromatic N) is 2. The number of aromatic nitrogens is 1. The molecule has 0 bridgehead atoms. The summed E-state index contributed by atoms with van der Waals surface area (Å²) in [4.78, 5) is 25.2. The van der Waals surface area contributed by atoms with E-state index in [9.17, 15) is 14.9 Å². The smallest absolute Gasteiger partial charge is 0.293 e. The van der Waals surface area contributed by atoms with Crippen LogP contribution in [0.3, 0.4) is 0 Å². The molecule has 102 valence electrons. The van der Waals surface area contributed by atoms with Gasteiger partial charge in [0.25, 0.3) is 5.69 Å². The number of nitro benzene ring substituents is 1. The SMILES string of the molecule is CC(Nc1ccc(C=O)cc1[N+](=O)[O-])c1cccnc1. The Kier molecular flexibility index (Phi) is 4.05. The molecule has 1 atom stereocenters. The second-order valence-electron chi connectivity index (χ2n) is 4.30. The van der Waals surface area contributed by atoms with Crippen molar-refractivity contribution in [1.82, 2.24) is 4.98 Å². The highest BCUT2D eigenvalue weighted by Gasteiger charge is 2.16. The molecular weight excluding hydrogens is 258 g/mol. The van der Waals surface area contributed by atoms with Gasteiger partial charge in [-0.05, 0) is 30.7 Å². The monoisotopic (exact) mass is 271 g/mol. The van der Waals surface area contributed by atoms with Crippen LogP contribution in [-0.2, 0) is 0 Å². The van der Waals surface area contributed by atoms with Crippen LogP contribution in [0.25, 0.3) is 0 Å². The Bertz CT molecular complexity index is 629. The van der Waals surface area contributed by atoms with Gasteiger partial charge in [0.05, 0.1) is 11.0 Å². The normalized spacial score (nSPS) is 11.7. The van der Waals surface area contributed by atoms with Gasteiger partial charge in [-0.1, -0.05) is 6.07 Å². The Hall–Kier alpha value is -2.76. The van der Waals surface area contributed by atoms with Crippen molar-refractivity contribution >= 4 is 17.7 Å². The fraction of sp³-hybridized carbons (Fsp3) is 0.143. The fourth-order valence-electron chi connectivity index (χ4n) is 1.84. The maximum absolute atomic E-state index is 11.0. The lowest BCUT2D eigenvalue weighted by atomic mass is 10.1. The van der Waals surface area contributed by atoms with Crippen LogP contribution in [0.15, 0.2) is 42.7 Å². The number of carbonyl (C=O) groups is 1. The first-order chi connectivity index (χ1) is 9.61. The van der Waals surface area contributed by atoms with Gasteiger partial charge in [-0.15, -0.1) is 0 Å². The van der Waals surface area contributed by atoms with Crippen LogP contribution in [0.1, 0.15) is 28.9 Å². The van der Waals surface area contributed by atoms with E-state index in [0.29, 0.717) is 12.0 Å². The third-order valence-electron chi connectivity index (χ3n) is 2.91. The molecule has 1 aromatic heterocycles. The number of anilines is 1. The molecular formula is C14H13N3O3. The van der Waals surface area contributed by atoms with Gasteiger partial charge in [0, 0.05) is 24.0 Å². The van der Waals surface area contributed by atoms with Gasteiger partial charge < -0.3 is 5.32 Å². The first kappa shape index (κ1) is 13.7. The van der Waals surface area contributed by atoms with Crippen LogP contribution < -0.4 is 5.32 Å². The van der Waals surface area contributed by atoms with Gasteiger partial charge >= 0.3 is 0 Å². The van der Waals surface area contributed by atoms with Gasteiger partial charge in [0.1, 0.15) is 12.0 Å². The van der Waals surface area contributed by atoms with E-state index in [0.717, 1.165) is 5.56 Å². The molecule has 0 fully saturated rings. The van der Waals surface area contributed by atoms with E-state index >= 15 is 0 Å². The fourth-order valence-corrected chi connectivity index (χ4v) is 1.84. The van der Waals surface area contributed by atoms with E-state index in [1.54, 1.807) is 18.5 Å². The Morgan fingerprint density at radius 3 is 2.80 bits per heavy atom. The number of hydrogen-bond donors (Lipinski definition) is 1. The Balaban J connectivity index is 2.29. The maximum atomic E-state index is 11.0. The summed E-state index contributed by atoms with van der Waals surface area (Å²) < 4.78 is 0. The van der Waals surface area contributed by atoms with E-state index in [4.69, 9.17) is 0 Å². The first-order valence-electron chi connectivity index (χ1n) is 6.02. The highest BCUT2D eigenvalue weighted by atomic mass is 16.6. The Morgan fingerprint density at radius 2 is 2.20 bits per heavy atom. The lowest BCUT2D eigenvalue weighted by Gasteiger charge is -2.15. The minimum Gasteiger partial charge on any atom is -0.373 e. The van der Waals surface area contributed by atoms with Gasteiger partial charge in [-0.25, -0.2) is 0 Å². The van der Waals surface area contributed by atoms with Gasteiger partial charge in [0.2, 0.25) is 0 Å². The van der Waals surface area contributed by atoms with Crippen molar-refractivity contribution < 1.29 is 9.72 Å². The molecule has 1 aromatic carbocycles. The summed E-state index contributed by atoms with van der Waals surface area (Å²) >= 11 is 0. The minimum absolute atomic E-state index is 0.120. The highest BCUT2D eigenvalue weighted by molar-refractivity contribution is 5.79. The van der Waals surface area contributed by atoms with Crippen LogP contribution in [0.2, 0.25) is 0 Å². The van der Waals surface area contributed by atoms with Crippen LogP contribution in [0, 0.1) is 10.1 Å². The Labute approximate surface area is 115 Å². The Morgan fingerprint density at radius 1 is 1.40 bits per heavy atom. The molecule has 2 rings (SSSR count). The molecule has 20 heavy (non-hydrogen) atoms. The predicted octanol–water partition coefficient (Wildman–Crippen LogP) is 2.98. The summed E-state index contributed by atoms with van der Waals surface area (Å²) in [5.74, 6) is 0. The second kappa shape index (κ2) is 5.92. The van der Waals surface area contributed by atoms with Crippen molar-refractivity contribution in [1.29, 1.82) is 0 Å². The van der Waals surface area contributed by atoms with Crippen molar-refractivity contribution in [3.8, 4) is 0 Å². The standard InChI is InChI=1S/C14H13N3O3/c1-10(12-3-2-6-15-8-12)16-13-5-4-11(9-18)7-14(13)17(19)20/h2-10,16H,1H3. The second-order valence-corrected chi connectivity index (χ2v) is 4.30. The lowest BCUT2D eigenvalue weighted by Crippen LogP contribution is -2.08. The quantitative estimate of drug-likeness (QED) is 0.513. The number of nitro groups is 1. The molecule has 0 amide bonds. The third kappa shape index (κ3) is 2.97. The average molecular weight is 271 g/mol. The van der Waals surface area contributed by atoms with Crippen LogP contribution in [0.4, 0.5) is 11.4 Å².